The molecule has 0 aromatic rings. The maximum atomic E-state index is 10.4. The Morgan fingerprint density at radius 3 is 2.42 bits per heavy atom. The number of rotatable bonds is 5. The van der Waals surface area contributed by atoms with E-state index in [4.69, 9.17) is 0 Å². The Balaban J connectivity index is 3.78. The van der Waals surface area contributed by atoms with E-state index in [1.165, 1.54) is 5.57 Å². The monoisotopic (exact) mass is 166 g/mol. The number of allylic oxidation sites excluding steroid dienone is 4. The molecule has 0 bridgehead atoms. The highest BCUT2D eigenvalue weighted by molar-refractivity contribution is 5.73. The van der Waals surface area contributed by atoms with Gasteiger partial charge < -0.3 is 0 Å². The van der Waals surface area contributed by atoms with Crippen LogP contribution >= 0.6 is 0 Å². The first-order chi connectivity index (χ1) is 5.72. The van der Waals surface area contributed by atoms with Gasteiger partial charge >= 0.3 is 0 Å². The van der Waals surface area contributed by atoms with Gasteiger partial charge in [-0.1, -0.05) is 24.6 Å². The minimum absolute atomic E-state index is 0.875. The molecular formula is C11H18O. The molecule has 0 N–H and O–H groups in total. The minimum Gasteiger partial charge on any atom is -0.298 e. The van der Waals surface area contributed by atoms with Gasteiger partial charge in [-0.15, -0.1) is 0 Å². The average Bonchev–Trinajstić information content (AvgIpc) is 2.10. The maximum absolute atomic E-state index is 10.4. The summed E-state index contributed by atoms with van der Waals surface area (Å²) in [7, 11) is 0. The second-order valence-electron chi connectivity index (χ2n) is 3.00. The van der Waals surface area contributed by atoms with Crippen molar-refractivity contribution in [1.82, 2.24) is 0 Å². The third-order valence-electron chi connectivity index (χ3n) is 1.94. The SMILES string of the molecule is CCC=CCCC(C)=C(C)C=O. The quantitative estimate of drug-likeness (QED) is 0.348. The van der Waals surface area contributed by atoms with Crippen molar-refractivity contribution in [3.05, 3.63) is 23.3 Å². The molecular weight excluding hydrogens is 148 g/mol. The fourth-order valence-electron chi connectivity index (χ4n) is 0.882. The second-order valence-corrected chi connectivity index (χ2v) is 3.00. The van der Waals surface area contributed by atoms with E-state index < -0.39 is 0 Å². The van der Waals surface area contributed by atoms with E-state index in [0.29, 0.717) is 0 Å². The predicted molar refractivity (Wildman–Crippen MR) is 53.1 cm³/mol. The molecule has 0 unspecified atom stereocenters. The number of carbonyl (C=O) groups excluding carboxylic acids is 1. The van der Waals surface area contributed by atoms with Crippen molar-refractivity contribution in [1.29, 1.82) is 0 Å². The summed E-state index contributed by atoms with van der Waals surface area (Å²) < 4.78 is 0. The first-order valence-corrected chi connectivity index (χ1v) is 4.48. The molecule has 1 heteroatoms. The Hall–Kier alpha value is -0.850. The van der Waals surface area contributed by atoms with Crippen LogP contribution in [0.4, 0.5) is 0 Å². The lowest BCUT2D eigenvalue weighted by Crippen LogP contribution is -1.84. The van der Waals surface area contributed by atoms with E-state index in [0.717, 1.165) is 31.1 Å². The third-order valence-corrected chi connectivity index (χ3v) is 1.94. The van der Waals surface area contributed by atoms with Crippen molar-refractivity contribution >= 4 is 6.29 Å². The molecule has 68 valence electrons. The van der Waals surface area contributed by atoms with E-state index in [1.807, 2.05) is 13.8 Å². The zero-order valence-corrected chi connectivity index (χ0v) is 8.26. The van der Waals surface area contributed by atoms with E-state index >= 15 is 0 Å². The summed E-state index contributed by atoms with van der Waals surface area (Å²) >= 11 is 0. The van der Waals surface area contributed by atoms with Gasteiger partial charge in [0.1, 0.15) is 6.29 Å². The van der Waals surface area contributed by atoms with Gasteiger partial charge in [-0.05, 0) is 38.7 Å². The van der Waals surface area contributed by atoms with Gasteiger partial charge in [0.25, 0.3) is 0 Å². The highest BCUT2D eigenvalue weighted by Crippen LogP contribution is 2.08. The fourth-order valence-corrected chi connectivity index (χ4v) is 0.882. The van der Waals surface area contributed by atoms with Crippen molar-refractivity contribution in [2.75, 3.05) is 0 Å². The van der Waals surface area contributed by atoms with Gasteiger partial charge in [0.15, 0.2) is 0 Å². The van der Waals surface area contributed by atoms with Gasteiger partial charge in [-0.25, -0.2) is 0 Å². The molecule has 1 nitrogen and oxygen atoms in total. The van der Waals surface area contributed by atoms with E-state index in [-0.39, 0.29) is 0 Å². The van der Waals surface area contributed by atoms with Crippen molar-refractivity contribution in [2.45, 2.75) is 40.0 Å². The highest BCUT2D eigenvalue weighted by atomic mass is 16.1. The van der Waals surface area contributed by atoms with Crippen molar-refractivity contribution in [2.24, 2.45) is 0 Å². The lowest BCUT2D eigenvalue weighted by molar-refractivity contribution is -0.104. The Morgan fingerprint density at radius 1 is 1.25 bits per heavy atom. The van der Waals surface area contributed by atoms with Crippen LogP contribution in [-0.4, -0.2) is 6.29 Å². The fraction of sp³-hybridized carbons (Fsp3) is 0.545. The summed E-state index contributed by atoms with van der Waals surface area (Å²) in [4.78, 5) is 10.4. The summed E-state index contributed by atoms with van der Waals surface area (Å²) in [5, 5.41) is 0. The van der Waals surface area contributed by atoms with Gasteiger partial charge in [-0.3, -0.25) is 4.79 Å². The van der Waals surface area contributed by atoms with Gasteiger partial charge in [0.2, 0.25) is 0 Å². The number of aldehydes is 1. The molecule has 0 aromatic carbocycles. The maximum Gasteiger partial charge on any atom is 0.145 e. The molecule has 0 saturated carbocycles. The highest BCUT2D eigenvalue weighted by Gasteiger charge is 1.93. The van der Waals surface area contributed by atoms with Crippen LogP contribution in [0.15, 0.2) is 23.3 Å². The predicted octanol–water partition coefficient (Wildman–Crippen LogP) is 3.27. The topological polar surface area (TPSA) is 17.1 Å². The number of hydrogen-bond donors (Lipinski definition) is 0. The zero-order chi connectivity index (χ0) is 9.40. The first kappa shape index (κ1) is 11.2. The van der Waals surface area contributed by atoms with Crippen LogP contribution in [0.2, 0.25) is 0 Å². The molecule has 12 heavy (non-hydrogen) atoms. The van der Waals surface area contributed by atoms with Crippen LogP contribution in [0.5, 0.6) is 0 Å². The van der Waals surface area contributed by atoms with Gasteiger partial charge in [0.05, 0.1) is 0 Å². The molecule has 0 fully saturated rings. The van der Waals surface area contributed by atoms with Gasteiger partial charge in [-0.2, -0.15) is 0 Å². The first-order valence-electron chi connectivity index (χ1n) is 4.48. The number of carbonyl (C=O) groups is 1. The molecule has 0 aliphatic rings. The molecule has 0 rings (SSSR count). The standard InChI is InChI=1S/C11H18O/c1-4-5-6-7-8-10(2)11(3)9-12/h5-6,9H,4,7-8H2,1-3H3. The molecule has 0 aliphatic heterocycles. The molecule has 0 atom stereocenters. The van der Waals surface area contributed by atoms with E-state index in [2.05, 4.69) is 19.1 Å². The molecule has 0 saturated heterocycles. The smallest absolute Gasteiger partial charge is 0.145 e. The van der Waals surface area contributed by atoms with Crippen LogP contribution < -0.4 is 0 Å². The van der Waals surface area contributed by atoms with E-state index in [9.17, 15) is 4.79 Å². The third kappa shape index (κ3) is 4.89. The Kier molecular flexibility index (Phi) is 6.35. The average molecular weight is 166 g/mol. The van der Waals surface area contributed by atoms with Crippen molar-refractivity contribution < 1.29 is 4.79 Å². The molecule has 0 aromatic heterocycles. The minimum atomic E-state index is 0.875. The zero-order valence-electron chi connectivity index (χ0n) is 8.26. The summed E-state index contributed by atoms with van der Waals surface area (Å²) in [6, 6.07) is 0. The summed E-state index contributed by atoms with van der Waals surface area (Å²) in [5.74, 6) is 0. The Labute approximate surface area is 75.2 Å². The summed E-state index contributed by atoms with van der Waals surface area (Å²) in [6.45, 7) is 6.01. The second kappa shape index (κ2) is 6.84. The van der Waals surface area contributed by atoms with Crippen LogP contribution in [0.3, 0.4) is 0 Å². The van der Waals surface area contributed by atoms with Gasteiger partial charge in [0, 0.05) is 0 Å². The lowest BCUT2D eigenvalue weighted by atomic mass is 10.1. The summed E-state index contributed by atoms with van der Waals surface area (Å²) in [6.07, 6.45) is 8.39. The van der Waals surface area contributed by atoms with Crippen LogP contribution in [0.25, 0.3) is 0 Å². The molecule has 0 heterocycles. The number of hydrogen-bond acceptors (Lipinski definition) is 1. The molecule has 0 amide bonds. The van der Waals surface area contributed by atoms with Crippen molar-refractivity contribution in [3.8, 4) is 0 Å². The van der Waals surface area contributed by atoms with E-state index in [1.54, 1.807) is 0 Å². The van der Waals surface area contributed by atoms with Crippen LogP contribution in [0, 0.1) is 0 Å². The van der Waals surface area contributed by atoms with Crippen LogP contribution in [0.1, 0.15) is 40.0 Å². The van der Waals surface area contributed by atoms with Crippen LogP contribution in [-0.2, 0) is 4.79 Å². The Bertz CT molecular complexity index is 187. The lowest BCUT2D eigenvalue weighted by Gasteiger charge is -1.98. The molecule has 0 spiro atoms. The summed E-state index contributed by atoms with van der Waals surface area (Å²) in [5.41, 5.74) is 2.07. The molecule has 0 radical (unpaired) electrons. The molecule has 0 aliphatic carbocycles. The largest absolute Gasteiger partial charge is 0.298 e. The normalized spacial score (nSPS) is 13.2. The van der Waals surface area contributed by atoms with Crippen molar-refractivity contribution in [3.63, 3.8) is 0 Å². The Morgan fingerprint density at radius 2 is 1.92 bits per heavy atom.